The first kappa shape index (κ1) is 61.8. The van der Waals surface area contributed by atoms with Gasteiger partial charge in [-0.05, 0) is 166 Å². The Hall–Kier alpha value is -12.8. The maximum atomic E-state index is 5.50. The van der Waals surface area contributed by atoms with E-state index in [2.05, 4.69) is 376 Å². The molecule has 15 aromatic carbocycles. The van der Waals surface area contributed by atoms with Gasteiger partial charge < -0.3 is 0 Å². The minimum atomic E-state index is -0.640. The van der Waals surface area contributed by atoms with Gasteiger partial charge in [-0.25, -0.2) is 19.9 Å². The Kier molecular flexibility index (Phi) is 14.6. The molecule has 2 aliphatic carbocycles. The highest BCUT2D eigenvalue weighted by atomic mass is 32.2. The Labute approximate surface area is 624 Å². The molecule has 4 nitrogen and oxygen atoms in total. The number of aromatic nitrogens is 4. The van der Waals surface area contributed by atoms with Gasteiger partial charge in [-0.15, -0.1) is 0 Å². The summed E-state index contributed by atoms with van der Waals surface area (Å²) >= 11 is 3.71. The molecule has 0 amide bonds. The zero-order valence-electron chi connectivity index (χ0n) is 57.4. The van der Waals surface area contributed by atoms with E-state index < -0.39 is 10.8 Å². The topological polar surface area (TPSA) is 51.6 Å². The van der Waals surface area contributed by atoms with Crippen molar-refractivity contribution in [1.29, 1.82) is 0 Å². The van der Waals surface area contributed by atoms with Gasteiger partial charge in [-0.1, -0.05) is 345 Å². The monoisotopic (exact) mass is 1380 g/mol. The van der Waals surface area contributed by atoms with Gasteiger partial charge in [0.25, 0.3) is 0 Å². The van der Waals surface area contributed by atoms with Crippen LogP contribution in [0, 0.1) is 0 Å². The lowest BCUT2D eigenvalue weighted by Gasteiger charge is -2.40. The summed E-state index contributed by atoms with van der Waals surface area (Å²) in [6.07, 6.45) is 0. The lowest BCUT2D eigenvalue weighted by Crippen LogP contribution is -2.32. The van der Waals surface area contributed by atoms with Gasteiger partial charge in [0.1, 0.15) is 0 Å². The van der Waals surface area contributed by atoms with Crippen LogP contribution in [0.4, 0.5) is 0 Å². The van der Waals surface area contributed by atoms with Gasteiger partial charge >= 0.3 is 0 Å². The van der Waals surface area contributed by atoms with E-state index in [9.17, 15) is 0 Å². The smallest absolute Gasteiger partial charge is 0.160 e. The zero-order chi connectivity index (χ0) is 69.9. The first-order valence-electron chi connectivity index (χ1n) is 36.1. The van der Waals surface area contributed by atoms with Crippen LogP contribution >= 0.6 is 23.5 Å². The molecule has 21 rings (SSSR count). The number of hydrogen-bond donors (Lipinski definition) is 0. The van der Waals surface area contributed by atoms with Crippen molar-refractivity contribution >= 4 is 23.5 Å². The molecule has 106 heavy (non-hydrogen) atoms. The SMILES string of the molecule is c1ccc(-c2ccc(-c3cc(-c4ccc(-c5ccccc5)cc4)nc(-c4ccc5c(c4)C4(c6ccc(-c7cccc(-c8ccc(-c9cc(-c%10ccccc%10)nc(-c%10ccc%11c(c%10)C%10(c%12ccccc%12S%11)c%11ccccc%11-c%11ccccc%11%10)n9)cc8)c7)cc6S5)c5ccccc5-c5ccccc54)n3)cc2)cc1. The summed E-state index contributed by atoms with van der Waals surface area (Å²) in [5.41, 5.74) is 32.8. The fourth-order valence-electron chi connectivity index (χ4n) is 17.2. The third-order valence-electron chi connectivity index (χ3n) is 22.1. The Morgan fingerprint density at radius 2 is 0.434 bits per heavy atom. The van der Waals surface area contributed by atoms with Crippen molar-refractivity contribution in [3.63, 3.8) is 0 Å². The van der Waals surface area contributed by atoms with Crippen LogP contribution < -0.4 is 0 Å². The molecule has 494 valence electrons. The second-order valence-corrected chi connectivity index (χ2v) is 30.0. The average molecular weight is 1380 g/mol. The van der Waals surface area contributed by atoms with E-state index in [4.69, 9.17) is 19.9 Å². The molecule has 4 heterocycles. The quantitative estimate of drug-likeness (QED) is 0.136. The highest BCUT2D eigenvalue weighted by Gasteiger charge is 2.52. The molecular formula is C100H62N4S2. The molecule has 0 bridgehead atoms. The van der Waals surface area contributed by atoms with Crippen LogP contribution in [0.1, 0.15) is 44.5 Å². The molecule has 0 unspecified atom stereocenters. The van der Waals surface area contributed by atoms with Crippen molar-refractivity contribution in [2.24, 2.45) is 0 Å². The minimum Gasteiger partial charge on any atom is -0.228 e. The largest absolute Gasteiger partial charge is 0.228 e. The van der Waals surface area contributed by atoms with Crippen LogP contribution in [0.25, 0.3) is 135 Å². The van der Waals surface area contributed by atoms with E-state index in [-0.39, 0.29) is 0 Å². The molecule has 2 aliphatic heterocycles. The standard InChI is InChI=1S/C100H62N4S2/c1-4-21-63(22-5-1)65-39-45-69(46-40-65)91-62-92(70-47-41-66(42-48-70)64-23-6-2-7-24-64)104-98(103-91)76-53-56-95-88(59-76)100(83-35-16-12-31-79(83)80-32-13-17-36-84(80)100)86-54-51-74(60-96(86)106-95)73-28-20-27-72(57-73)67-43-49-71(50-44-67)90-61-89(68-25-8-3-9-26-68)101-97(102-90)75-52-55-94-87(58-75)99(85-37-18-19-38-93(85)105-94)81-33-14-10-29-77(81)78-30-11-15-34-82(78)99/h1-62H. The lowest BCUT2D eigenvalue weighted by molar-refractivity contribution is 0.722. The number of fused-ring (bicyclic) bond motifs is 18. The highest BCUT2D eigenvalue weighted by molar-refractivity contribution is 7.99. The van der Waals surface area contributed by atoms with Crippen molar-refractivity contribution in [1.82, 2.24) is 19.9 Å². The highest BCUT2D eigenvalue weighted by Crippen LogP contribution is 2.65. The van der Waals surface area contributed by atoms with Crippen LogP contribution in [0.5, 0.6) is 0 Å². The lowest BCUT2D eigenvalue weighted by atomic mass is 9.67. The van der Waals surface area contributed by atoms with Gasteiger partial charge in [-0.3, -0.25) is 0 Å². The van der Waals surface area contributed by atoms with Crippen molar-refractivity contribution < 1.29 is 0 Å². The Bertz CT molecular complexity index is 6180. The normalized spacial score (nSPS) is 13.4. The van der Waals surface area contributed by atoms with E-state index >= 15 is 0 Å². The second kappa shape index (κ2) is 25.0. The number of rotatable bonds is 10. The zero-order valence-corrected chi connectivity index (χ0v) is 59.0. The van der Waals surface area contributed by atoms with E-state index in [0.29, 0.717) is 11.6 Å². The molecule has 4 aliphatic rings. The van der Waals surface area contributed by atoms with Crippen LogP contribution in [-0.4, -0.2) is 19.9 Å². The molecule has 0 atom stereocenters. The molecule has 0 N–H and O–H groups in total. The van der Waals surface area contributed by atoms with Gasteiger partial charge in [-0.2, -0.15) is 0 Å². The van der Waals surface area contributed by atoms with Crippen LogP contribution in [0.2, 0.25) is 0 Å². The first-order valence-corrected chi connectivity index (χ1v) is 37.8. The third-order valence-corrected chi connectivity index (χ3v) is 24.4. The summed E-state index contributed by atoms with van der Waals surface area (Å²) in [6.45, 7) is 0. The Morgan fingerprint density at radius 1 is 0.160 bits per heavy atom. The van der Waals surface area contributed by atoms with E-state index in [0.717, 1.165) is 89.5 Å². The summed E-state index contributed by atoms with van der Waals surface area (Å²) in [5.74, 6) is 1.36. The van der Waals surface area contributed by atoms with Gasteiger partial charge in [0, 0.05) is 53.0 Å². The van der Waals surface area contributed by atoms with Crippen LogP contribution in [0.15, 0.2) is 396 Å². The first-order chi connectivity index (χ1) is 52.5. The van der Waals surface area contributed by atoms with Gasteiger partial charge in [0.2, 0.25) is 0 Å². The number of nitrogens with zero attached hydrogens (tertiary/aromatic N) is 4. The van der Waals surface area contributed by atoms with E-state index in [1.807, 2.05) is 23.5 Å². The summed E-state index contributed by atoms with van der Waals surface area (Å²) in [6, 6.07) is 137. The summed E-state index contributed by atoms with van der Waals surface area (Å²) in [7, 11) is 0. The predicted molar refractivity (Wildman–Crippen MR) is 435 cm³/mol. The molecule has 2 aromatic heterocycles. The third kappa shape index (κ3) is 9.93. The van der Waals surface area contributed by atoms with E-state index in [1.54, 1.807) is 0 Å². The average Bonchev–Trinajstić information content (AvgIpc) is 1.49. The maximum absolute atomic E-state index is 5.50. The fourth-order valence-corrected chi connectivity index (χ4v) is 19.6. The molecule has 0 saturated heterocycles. The number of benzene rings is 15. The van der Waals surface area contributed by atoms with E-state index in [1.165, 1.54) is 97.5 Å². The summed E-state index contributed by atoms with van der Waals surface area (Å²) in [5, 5.41) is 0. The molecule has 17 aromatic rings. The maximum Gasteiger partial charge on any atom is 0.160 e. The van der Waals surface area contributed by atoms with Crippen molar-refractivity contribution in [3.8, 4) is 135 Å². The molecule has 6 heteroatoms. The second-order valence-electron chi connectivity index (χ2n) is 27.9. The molecule has 0 fully saturated rings. The number of hydrogen-bond acceptors (Lipinski definition) is 6. The fraction of sp³-hybridized carbons (Fsp3) is 0.0200. The summed E-state index contributed by atoms with van der Waals surface area (Å²) in [4.78, 5) is 26.8. The van der Waals surface area contributed by atoms with Gasteiger partial charge in [0.15, 0.2) is 11.6 Å². The van der Waals surface area contributed by atoms with Gasteiger partial charge in [0.05, 0.1) is 33.6 Å². The van der Waals surface area contributed by atoms with Crippen LogP contribution in [-0.2, 0) is 10.8 Å². The molecule has 0 saturated carbocycles. The Balaban J connectivity index is 0.638. The minimum absolute atomic E-state index is 0.517. The molecule has 2 spiro atoms. The predicted octanol–water partition coefficient (Wildman–Crippen LogP) is 25.6. The van der Waals surface area contributed by atoms with Crippen LogP contribution in [0.3, 0.4) is 0 Å². The Morgan fingerprint density at radius 3 is 0.868 bits per heavy atom. The van der Waals surface area contributed by atoms with Crippen molar-refractivity contribution in [2.45, 2.75) is 30.4 Å². The molecular weight excluding hydrogens is 1320 g/mol. The van der Waals surface area contributed by atoms with Crippen molar-refractivity contribution in [2.75, 3.05) is 0 Å². The molecule has 0 radical (unpaired) electrons. The van der Waals surface area contributed by atoms with Crippen molar-refractivity contribution in [3.05, 3.63) is 421 Å². The summed E-state index contributed by atoms with van der Waals surface area (Å²) < 4.78 is 0.